The number of hydrogen-bond donors (Lipinski definition) is 1. The molecule has 0 bridgehead atoms. The van der Waals surface area contributed by atoms with Crippen molar-refractivity contribution in [2.45, 2.75) is 6.54 Å². The van der Waals surface area contributed by atoms with Crippen LogP contribution in [0.5, 0.6) is 0 Å². The van der Waals surface area contributed by atoms with Crippen LogP contribution in [0.25, 0.3) is 21.8 Å². The van der Waals surface area contributed by atoms with Gasteiger partial charge < -0.3 is 14.6 Å². The van der Waals surface area contributed by atoms with Gasteiger partial charge in [0.15, 0.2) is 5.13 Å². The zero-order valence-electron chi connectivity index (χ0n) is 12.8. The molecule has 0 fully saturated rings. The first kappa shape index (κ1) is 15.2. The van der Waals surface area contributed by atoms with Crippen LogP contribution >= 0.6 is 11.3 Å². The van der Waals surface area contributed by atoms with Crippen LogP contribution in [0.3, 0.4) is 0 Å². The molecule has 0 unspecified atom stereocenters. The summed E-state index contributed by atoms with van der Waals surface area (Å²) in [6.45, 7) is -0.135. The second-order valence-electron chi connectivity index (χ2n) is 5.23. The monoisotopic (exact) mass is 328 g/mol. The second-order valence-corrected chi connectivity index (χ2v) is 6.24. The van der Waals surface area contributed by atoms with Crippen molar-refractivity contribution in [1.29, 1.82) is 0 Å². The Kier molecular flexibility index (Phi) is 4.12. The van der Waals surface area contributed by atoms with Crippen molar-refractivity contribution in [3.05, 3.63) is 42.9 Å². The normalized spacial score (nSPS) is 10.7. The molecular weight excluding hydrogens is 312 g/mol. The molecule has 0 spiro atoms. The predicted octanol–water partition coefficient (Wildman–Crippen LogP) is 2.82. The van der Waals surface area contributed by atoms with Crippen LogP contribution in [-0.4, -0.2) is 39.7 Å². The van der Waals surface area contributed by atoms with Crippen molar-refractivity contribution in [3.63, 3.8) is 0 Å². The molecule has 0 amide bonds. The topological polar surface area (TPSA) is 71.2 Å². The molecule has 0 saturated carbocycles. The van der Waals surface area contributed by atoms with E-state index in [0.29, 0.717) is 0 Å². The third-order valence-electron chi connectivity index (χ3n) is 3.30. The SMILES string of the molecule is CN(C)c1ncc(-c2c(-c3ccccc3)ncn2CC(=O)O)s1. The zero-order valence-corrected chi connectivity index (χ0v) is 13.6. The van der Waals surface area contributed by atoms with Gasteiger partial charge in [0.1, 0.15) is 6.54 Å². The summed E-state index contributed by atoms with van der Waals surface area (Å²) in [4.78, 5) is 22.8. The minimum absolute atomic E-state index is 0.135. The third kappa shape index (κ3) is 3.09. The predicted molar refractivity (Wildman–Crippen MR) is 90.7 cm³/mol. The Hall–Kier alpha value is -2.67. The van der Waals surface area contributed by atoms with Gasteiger partial charge in [-0.25, -0.2) is 9.97 Å². The van der Waals surface area contributed by atoms with Gasteiger partial charge in [0.05, 0.1) is 22.6 Å². The number of aliphatic carboxylic acids is 1. The maximum Gasteiger partial charge on any atom is 0.323 e. The molecule has 1 N–H and O–H groups in total. The summed E-state index contributed by atoms with van der Waals surface area (Å²) in [7, 11) is 3.85. The molecule has 0 aliphatic carbocycles. The highest BCUT2D eigenvalue weighted by Gasteiger charge is 2.19. The van der Waals surface area contributed by atoms with Crippen molar-refractivity contribution < 1.29 is 9.90 Å². The van der Waals surface area contributed by atoms with Gasteiger partial charge in [0.2, 0.25) is 0 Å². The number of thiazole rings is 1. The Morgan fingerprint density at radius 2 is 2.00 bits per heavy atom. The summed E-state index contributed by atoms with van der Waals surface area (Å²) < 4.78 is 1.65. The largest absolute Gasteiger partial charge is 0.480 e. The van der Waals surface area contributed by atoms with Crippen molar-refractivity contribution >= 4 is 22.4 Å². The van der Waals surface area contributed by atoms with Crippen LogP contribution in [-0.2, 0) is 11.3 Å². The van der Waals surface area contributed by atoms with Crippen LogP contribution in [0.2, 0.25) is 0 Å². The van der Waals surface area contributed by atoms with Gasteiger partial charge in [-0.05, 0) is 0 Å². The van der Waals surface area contributed by atoms with Gasteiger partial charge in [0.25, 0.3) is 0 Å². The van der Waals surface area contributed by atoms with Gasteiger partial charge in [-0.3, -0.25) is 4.79 Å². The van der Waals surface area contributed by atoms with Gasteiger partial charge in [-0.1, -0.05) is 41.7 Å². The molecule has 118 valence electrons. The fraction of sp³-hybridized carbons (Fsp3) is 0.188. The number of carboxylic acid groups (broad SMARTS) is 1. The van der Waals surface area contributed by atoms with Crippen LogP contribution in [0, 0.1) is 0 Å². The molecule has 6 nitrogen and oxygen atoms in total. The standard InChI is InChI=1S/C16H16N4O2S/c1-19(2)16-17-8-12(23-16)15-14(11-6-4-3-5-7-11)18-10-20(15)9-13(21)22/h3-8,10H,9H2,1-2H3,(H,21,22). The van der Waals surface area contributed by atoms with Crippen molar-refractivity contribution in [3.8, 4) is 21.8 Å². The number of imidazole rings is 1. The highest BCUT2D eigenvalue weighted by molar-refractivity contribution is 7.18. The molecule has 0 radical (unpaired) electrons. The Morgan fingerprint density at radius 1 is 1.26 bits per heavy atom. The number of nitrogens with zero attached hydrogens (tertiary/aromatic N) is 4. The molecule has 3 rings (SSSR count). The van der Waals surface area contributed by atoms with E-state index in [1.165, 1.54) is 11.3 Å². The summed E-state index contributed by atoms with van der Waals surface area (Å²) in [6.07, 6.45) is 3.34. The van der Waals surface area contributed by atoms with Crippen LogP contribution in [0.4, 0.5) is 5.13 Å². The number of carboxylic acids is 1. The molecule has 7 heteroatoms. The summed E-state index contributed by atoms with van der Waals surface area (Å²) in [5, 5.41) is 10.0. The molecular formula is C16H16N4O2S. The Labute approximate surface area is 137 Å². The fourth-order valence-electron chi connectivity index (χ4n) is 2.29. The molecule has 0 atom stereocenters. The number of carbonyl (C=O) groups is 1. The molecule has 2 aromatic heterocycles. The Balaban J connectivity index is 2.14. The third-order valence-corrected chi connectivity index (χ3v) is 4.47. The van der Waals surface area contributed by atoms with Crippen LogP contribution < -0.4 is 4.90 Å². The van der Waals surface area contributed by atoms with E-state index >= 15 is 0 Å². The highest BCUT2D eigenvalue weighted by Crippen LogP contribution is 2.36. The smallest absolute Gasteiger partial charge is 0.323 e. The molecule has 1 aromatic carbocycles. The minimum atomic E-state index is -0.902. The molecule has 2 heterocycles. The van der Waals surface area contributed by atoms with Gasteiger partial charge >= 0.3 is 5.97 Å². The molecule has 0 saturated heterocycles. The number of anilines is 1. The summed E-state index contributed by atoms with van der Waals surface area (Å²) in [6, 6.07) is 9.74. The number of aromatic nitrogens is 3. The number of benzene rings is 1. The Morgan fingerprint density at radius 3 is 2.61 bits per heavy atom. The maximum atomic E-state index is 11.1. The summed E-state index contributed by atoms with van der Waals surface area (Å²) in [5.74, 6) is -0.902. The van der Waals surface area contributed by atoms with Crippen molar-refractivity contribution in [1.82, 2.24) is 14.5 Å². The number of rotatable bonds is 5. The van der Waals surface area contributed by atoms with E-state index in [4.69, 9.17) is 5.11 Å². The molecule has 0 aliphatic rings. The minimum Gasteiger partial charge on any atom is -0.480 e. The van der Waals surface area contributed by atoms with E-state index in [9.17, 15) is 4.79 Å². The fourth-order valence-corrected chi connectivity index (χ4v) is 3.20. The average Bonchev–Trinajstić information content (AvgIpc) is 3.14. The van der Waals surface area contributed by atoms with E-state index < -0.39 is 5.97 Å². The first-order valence-electron chi connectivity index (χ1n) is 7.02. The van der Waals surface area contributed by atoms with Crippen LogP contribution in [0.1, 0.15) is 0 Å². The van der Waals surface area contributed by atoms with Gasteiger partial charge in [0, 0.05) is 25.9 Å². The number of hydrogen-bond acceptors (Lipinski definition) is 5. The lowest BCUT2D eigenvalue weighted by Gasteiger charge is -2.07. The summed E-state index contributed by atoms with van der Waals surface area (Å²) >= 11 is 1.51. The Bertz CT molecular complexity index is 824. The van der Waals surface area contributed by atoms with E-state index in [0.717, 1.165) is 27.0 Å². The second kappa shape index (κ2) is 6.21. The zero-order chi connectivity index (χ0) is 16.4. The highest BCUT2D eigenvalue weighted by atomic mass is 32.1. The van der Waals surface area contributed by atoms with E-state index in [1.807, 2.05) is 49.3 Å². The van der Waals surface area contributed by atoms with Gasteiger partial charge in [-0.2, -0.15) is 0 Å². The molecule has 23 heavy (non-hydrogen) atoms. The summed E-state index contributed by atoms with van der Waals surface area (Å²) in [5.41, 5.74) is 2.50. The molecule has 3 aromatic rings. The van der Waals surface area contributed by atoms with E-state index in [1.54, 1.807) is 17.1 Å². The molecule has 0 aliphatic heterocycles. The van der Waals surface area contributed by atoms with E-state index in [2.05, 4.69) is 9.97 Å². The van der Waals surface area contributed by atoms with E-state index in [-0.39, 0.29) is 6.54 Å². The van der Waals surface area contributed by atoms with Crippen molar-refractivity contribution in [2.24, 2.45) is 0 Å². The first-order valence-corrected chi connectivity index (χ1v) is 7.84. The van der Waals surface area contributed by atoms with Crippen molar-refractivity contribution in [2.75, 3.05) is 19.0 Å². The first-order chi connectivity index (χ1) is 11.1. The lowest BCUT2D eigenvalue weighted by molar-refractivity contribution is -0.137. The van der Waals surface area contributed by atoms with Gasteiger partial charge in [-0.15, -0.1) is 0 Å². The lowest BCUT2D eigenvalue weighted by Crippen LogP contribution is -2.08. The maximum absolute atomic E-state index is 11.1. The quantitative estimate of drug-likeness (QED) is 0.780. The average molecular weight is 328 g/mol. The van der Waals surface area contributed by atoms with Crippen LogP contribution in [0.15, 0.2) is 42.9 Å². The lowest BCUT2D eigenvalue weighted by atomic mass is 10.1.